The highest BCUT2D eigenvalue weighted by atomic mass is 14.8. The van der Waals surface area contributed by atoms with Crippen molar-refractivity contribution in [2.24, 2.45) is 16.9 Å². The Balaban J connectivity index is 2.19. The molecule has 14 heavy (non-hydrogen) atoms. The predicted molar refractivity (Wildman–Crippen MR) is 56.5 cm³/mol. The Morgan fingerprint density at radius 1 is 1.50 bits per heavy atom. The van der Waals surface area contributed by atoms with E-state index in [9.17, 15) is 0 Å². The molecule has 0 aliphatic heterocycles. The van der Waals surface area contributed by atoms with Gasteiger partial charge in [-0.25, -0.2) is 0 Å². The van der Waals surface area contributed by atoms with Gasteiger partial charge in [0.25, 0.3) is 0 Å². The molecule has 1 unspecified atom stereocenters. The molecule has 3 heteroatoms. The van der Waals surface area contributed by atoms with E-state index in [1.807, 2.05) is 18.3 Å². The Labute approximate surface area is 84.5 Å². The average molecular weight is 191 g/mol. The smallest absolute Gasteiger partial charge is 0.0379 e. The predicted octanol–water partition coefficient (Wildman–Crippen LogP) is 1.21. The van der Waals surface area contributed by atoms with Crippen molar-refractivity contribution in [2.75, 3.05) is 6.54 Å². The molecule has 0 saturated heterocycles. The van der Waals surface area contributed by atoms with E-state index in [0.717, 1.165) is 18.4 Å². The molecule has 76 valence electrons. The monoisotopic (exact) mass is 191 g/mol. The van der Waals surface area contributed by atoms with Crippen LogP contribution in [0.4, 0.5) is 0 Å². The standard InChI is InChI=1S/C11H17N3/c12-8-11(4-2-5-11)10(13)9-3-1-6-14-7-9/h1,3,6-7,10H,2,4-5,8,12-13H2. The van der Waals surface area contributed by atoms with Crippen LogP contribution in [0.1, 0.15) is 30.9 Å². The summed E-state index contributed by atoms with van der Waals surface area (Å²) < 4.78 is 0. The summed E-state index contributed by atoms with van der Waals surface area (Å²) in [6.07, 6.45) is 7.18. The maximum atomic E-state index is 6.23. The third-order valence-electron chi connectivity index (χ3n) is 3.46. The van der Waals surface area contributed by atoms with Gasteiger partial charge in [-0.05, 0) is 31.0 Å². The molecule has 1 aliphatic carbocycles. The topological polar surface area (TPSA) is 64.9 Å². The van der Waals surface area contributed by atoms with Crippen molar-refractivity contribution in [3.05, 3.63) is 30.1 Å². The zero-order valence-electron chi connectivity index (χ0n) is 8.32. The number of aromatic nitrogens is 1. The van der Waals surface area contributed by atoms with E-state index in [2.05, 4.69) is 4.98 Å². The van der Waals surface area contributed by atoms with Crippen molar-refractivity contribution in [1.29, 1.82) is 0 Å². The van der Waals surface area contributed by atoms with Crippen LogP contribution in [0.3, 0.4) is 0 Å². The fourth-order valence-corrected chi connectivity index (χ4v) is 2.19. The van der Waals surface area contributed by atoms with Crippen LogP contribution in [-0.2, 0) is 0 Å². The quantitative estimate of drug-likeness (QED) is 0.754. The van der Waals surface area contributed by atoms with Crippen LogP contribution < -0.4 is 11.5 Å². The molecule has 1 aromatic rings. The Bertz CT molecular complexity index is 287. The van der Waals surface area contributed by atoms with Crippen molar-refractivity contribution >= 4 is 0 Å². The minimum Gasteiger partial charge on any atom is -0.330 e. The van der Waals surface area contributed by atoms with Gasteiger partial charge in [-0.3, -0.25) is 4.98 Å². The van der Waals surface area contributed by atoms with E-state index < -0.39 is 0 Å². The molecule has 0 amide bonds. The lowest BCUT2D eigenvalue weighted by molar-refractivity contribution is 0.104. The van der Waals surface area contributed by atoms with Crippen molar-refractivity contribution in [3.63, 3.8) is 0 Å². The Hall–Kier alpha value is -0.930. The van der Waals surface area contributed by atoms with Gasteiger partial charge in [-0.2, -0.15) is 0 Å². The molecular formula is C11H17N3. The summed E-state index contributed by atoms with van der Waals surface area (Å²) in [6, 6.07) is 4.01. The first-order valence-corrected chi connectivity index (χ1v) is 5.14. The number of rotatable bonds is 3. The molecule has 1 heterocycles. The molecule has 1 saturated carbocycles. The van der Waals surface area contributed by atoms with Gasteiger partial charge < -0.3 is 11.5 Å². The molecule has 0 radical (unpaired) electrons. The van der Waals surface area contributed by atoms with Crippen LogP contribution in [0.25, 0.3) is 0 Å². The third kappa shape index (κ3) is 1.42. The van der Waals surface area contributed by atoms with Gasteiger partial charge in [-0.15, -0.1) is 0 Å². The molecule has 1 atom stereocenters. The van der Waals surface area contributed by atoms with Gasteiger partial charge in [-0.1, -0.05) is 12.5 Å². The van der Waals surface area contributed by atoms with Gasteiger partial charge in [0, 0.05) is 23.9 Å². The fraction of sp³-hybridized carbons (Fsp3) is 0.545. The van der Waals surface area contributed by atoms with Crippen LogP contribution in [0.5, 0.6) is 0 Å². The summed E-state index contributed by atoms with van der Waals surface area (Å²) >= 11 is 0. The Morgan fingerprint density at radius 3 is 2.71 bits per heavy atom. The van der Waals surface area contributed by atoms with E-state index in [1.165, 1.54) is 6.42 Å². The summed E-state index contributed by atoms with van der Waals surface area (Å²) in [5.41, 5.74) is 13.3. The lowest BCUT2D eigenvalue weighted by atomic mass is 9.63. The molecular weight excluding hydrogens is 174 g/mol. The summed E-state index contributed by atoms with van der Waals surface area (Å²) in [5, 5.41) is 0. The normalized spacial score (nSPS) is 21.3. The van der Waals surface area contributed by atoms with Crippen LogP contribution in [0.15, 0.2) is 24.5 Å². The largest absolute Gasteiger partial charge is 0.330 e. The molecule has 0 bridgehead atoms. The first-order chi connectivity index (χ1) is 6.78. The number of pyridine rings is 1. The summed E-state index contributed by atoms with van der Waals surface area (Å²) in [5.74, 6) is 0. The van der Waals surface area contributed by atoms with Gasteiger partial charge in [0.15, 0.2) is 0 Å². The van der Waals surface area contributed by atoms with Crippen molar-refractivity contribution in [3.8, 4) is 0 Å². The molecule has 1 fully saturated rings. The van der Waals surface area contributed by atoms with Crippen molar-refractivity contribution in [1.82, 2.24) is 4.98 Å². The summed E-state index contributed by atoms with van der Waals surface area (Å²) in [4.78, 5) is 4.09. The second-order valence-electron chi connectivity index (χ2n) is 4.18. The third-order valence-corrected chi connectivity index (χ3v) is 3.46. The zero-order chi connectivity index (χ0) is 10.0. The van der Waals surface area contributed by atoms with Crippen LogP contribution in [0.2, 0.25) is 0 Å². The minimum atomic E-state index is 0.0509. The molecule has 1 aromatic heterocycles. The van der Waals surface area contributed by atoms with E-state index in [1.54, 1.807) is 6.20 Å². The molecule has 2 rings (SSSR count). The lowest BCUT2D eigenvalue weighted by Crippen LogP contribution is -2.46. The number of hydrogen-bond acceptors (Lipinski definition) is 3. The molecule has 1 aliphatic rings. The number of nitrogens with zero attached hydrogens (tertiary/aromatic N) is 1. The molecule has 0 spiro atoms. The number of hydrogen-bond donors (Lipinski definition) is 2. The van der Waals surface area contributed by atoms with Crippen molar-refractivity contribution < 1.29 is 0 Å². The number of nitrogens with two attached hydrogens (primary N) is 2. The zero-order valence-corrected chi connectivity index (χ0v) is 8.32. The van der Waals surface area contributed by atoms with E-state index >= 15 is 0 Å². The highest BCUT2D eigenvalue weighted by molar-refractivity contribution is 5.18. The molecule has 0 aromatic carbocycles. The lowest BCUT2D eigenvalue weighted by Gasteiger charge is -2.45. The fourth-order valence-electron chi connectivity index (χ4n) is 2.19. The SMILES string of the molecule is NCC1(C(N)c2cccnc2)CCC1. The minimum absolute atomic E-state index is 0.0509. The molecule has 3 nitrogen and oxygen atoms in total. The van der Waals surface area contributed by atoms with Gasteiger partial charge in [0.2, 0.25) is 0 Å². The van der Waals surface area contributed by atoms with Crippen LogP contribution in [0, 0.1) is 5.41 Å². The average Bonchev–Trinajstić information content (AvgIpc) is 2.18. The van der Waals surface area contributed by atoms with Gasteiger partial charge in [0.05, 0.1) is 0 Å². The van der Waals surface area contributed by atoms with E-state index in [0.29, 0.717) is 6.54 Å². The Morgan fingerprint density at radius 2 is 2.29 bits per heavy atom. The van der Waals surface area contributed by atoms with E-state index in [-0.39, 0.29) is 11.5 Å². The van der Waals surface area contributed by atoms with Gasteiger partial charge >= 0.3 is 0 Å². The summed E-state index contributed by atoms with van der Waals surface area (Å²) in [6.45, 7) is 0.684. The summed E-state index contributed by atoms with van der Waals surface area (Å²) in [7, 11) is 0. The van der Waals surface area contributed by atoms with E-state index in [4.69, 9.17) is 11.5 Å². The first kappa shape index (κ1) is 9.62. The van der Waals surface area contributed by atoms with Crippen LogP contribution >= 0.6 is 0 Å². The maximum absolute atomic E-state index is 6.23. The van der Waals surface area contributed by atoms with Gasteiger partial charge in [0.1, 0.15) is 0 Å². The highest BCUT2D eigenvalue weighted by Gasteiger charge is 2.41. The first-order valence-electron chi connectivity index (χ1n) is 5.14. The maximum Gasteiger partial charge on any atom is 0.0379 e. The van der Waals surface area contributed by atoms with Crippen molar-refractivity contribution in [2.45, 2.75) is 25.3 Å². The second-order valence-corrected chi connectivity index (χ2v) is 4.18. The molecule has 4 N–H and O–H groups in total. The highest BCUT2D eigenvalue weighted by Crippen LogP contribution is 2.47. The second kappa shape index (κ2) is 3.67. The Kier molecular flexibility index (Phi) is 2.52. The van der Waals surface area contributed by atoms with Crippen LogP contribution in [-0.4, -0.2) is 11.5 Å².